The number of rotatable bonds is 2. The molecule has 0 bridgehead atoms. The molecule has 3 amide bonds. The molecule has 8 heteroatoms. The molecule has 0 saturated carbocycles. The average molecular weight is 422 g/mol. The van der Waals surface area contributed by atoms with Gasteiger partial charge in [0.15, 0.2) is 0 Å². The predicted octanol–water partition coefficient (Wildman–Crippen LogP) is 2.33. The zero-order valence-electron chi connectivity index (χ0n) is 18.0. The van der Waals surface area contributed by atoms with Gasteiger partial charge in [0.1, 0.15) is 5.82 Å². The normalized spacial score (nSPS) is 22.6. The Labute approximate surface area is 181 Å². The standard InChI is InChI=1S/C23H27N5O3/c1-13-6-7-23(3,16-4-5-18-15(9-16)10-26-20(18)29)28(12-13)22(31)21(30)27-17-8-14(2)19(24)25-11-17/h4-5,8-9,11,13H,6-7,10,12H2,1-3H3,(H2,24,25)(H,26,29)(H,27,30)/t13-,23-/m0/s1. The van der Waals surface area contributed by atoms with E-state index in [1.807, 2.05) is 25.1 Å². The molecule has 4 rings (SSSR count). The van der Waals surface area contributed by atoms with Crippen LogP contribution in [0.1, 0.15) is 53.7 Å². The molecule has 2 aromatic rings. The summed E-state index contributed by atoms with van der Waals surface area (Å²) in [4.78, 5) is 43.7. The van der Waals surface area contributed by atoms with Crippen LogP contribution in [0.15, 0.2) is 30.5 Å². The Morgan fingerprint density at radius 3 is 2.84 bits per heavy atom. The molecule has 8 nitrogen and oxygen atoms in total. The van der Waals surface area contributed by atoms with Gasteiger partial charge >= 0.3 is 11.8 Å². The maximum Gasteiger partial charge on any atom is 0.313 e. The van der Waals surface area contributed by atoms with E-state index < -0.39 is 17.4 Å². The first-order chi connectivity index (χ1) is 14.7. The summed E-state index contributed by atoms with van der Waals surface area (Å²) in [7, 11) is 0. The summed E-state index contributed by atoms with van der Waals surface area (Å²) in [5.74, 6) is -0.708. The van der Waals surface area contributed by atoms with Gasteiger partial charge in [0.05, 0.1) is 17.4 Å². The van der Waals surface area contributed by atoms with Crippen molar-refractivity contribution in [3.8, 4) is 0 Å². The van der Waals surface area contributed by atoms with Crippen molar-refractivity contribution >= 4 is 29.2 Å². The van der Waals surface area contributed by atoms with Crippen molar-refractivity contribution in [3.63, 3.8) is 0 Å². The third-order valence-corrected chi connectivity index (χ3v) is 6.44. The molecule has 2 aliphatic rings. The SMILES string of the molecule is Cc1cc(NC(=O)C(=O)N2C[C@@H](C)CC[C@@]2(C)c2ccc3c(c2)CNC3=O)cnc1N. The van der Waals surface area contributed by atoms with Gasteiger partial charge in [-0.3, -0.25) is 14.4 Å². The Kier molecular flexibility index (Phi) is 5.16. The number of fused-ring (bicyclic) bond motifs is 1. The lowest BCUT2D eigenvalue weighted by Gasteiger charge is -2.47. The van der Waals surface area contributed by atoms with E-state index in [1.54, 1.807) is 17.9 Å². The molecule has 31 heavy (non-hydrogen) atoms. The predicted molar refractivity (Wildman–Crippen MR) is 117 cm³/mol. The number of nitrogen functional groups attached to an aromatic ring is 1. The second-order valence-corrected chi connectivity index (χ2v) is 8.77. The van der Waals surface area contributed by atoms with E-state index in [-0.39, 0.29) is 11.8 Å². The van der Waals surface area contributed by atoms with E-state index in [1.165, 1.54) is 6.20 Å². The average Bonchev–Trinajstić information content (AvgIpc) is 3.12. The Morgan fingerprint density at radius 1 is 1.32 bits per heavy atom. The highest BCUT2D eigenvalue weighted by Crippen LogP contribution is 2.40. The molecule has 0 spiro atoms. The van der Waals surface area contributed by atoms with Crippen molar-refractivity contribution < 1.29 is 14.4 Å². The van der Waals surface area contributed by atoms with Gasteiger partial charge in [-0.25, -0.2) is 4.98 Å². The number of piperidine rings is 1. The van der Waals surface area contributed by atoms with Crippen LogP contribution in [0.4, 0.5) is 11.5 Å². The largest absolute Gasteiger partial charge is 0.383 e. The summed E-state index contributed by atoms with van der Waals surface area (Å²) in [5.41, 5.74) is 8.76. The number of benzene rings is 1. The molecule has 2 aliphatic heterocycles. The fraction of sp³-hybridized carbons (Fsp3) is 0.391. The minimum absolute atomic E-state index is 0.0799. The van der Waals surface area contributed by atoms with Gasteiger partial charge in [-0.1, -0.05) is 19.1 Å². The van der Waals surface area contributed by atoms with Crippen LogP contribution in [0.2, 0.25) is 0 Å². The first-order valence-corrected chi connectivity index (χ1v) is 10.5. The number of aromatic nitrogens is 1. The number of hydrogen-bond donors (Lipinski definition) is 3. The maximum absolute atomic E-state index is 13.3. The molecular formula is C23H27N5O3. The van der Waals surface area contributed by atoms with Crippen molar-refractivity contribution in [2.75, 3.05) is 17.6 Å². The van der Waals surface area contributed by atoms with Crippen molar-refractivity contribution in [1.82, 2.24) is 15.2 Å². The first kappa shape index (κ1) is 20.8. The van der Waals surface area contributed by atoms with Gasteiger partial charge in [-0.05, 0) is 61.4 Å². The molecule has 1 aromatic carbocycles. The van der Waals surface area contributed by atoms with Crippen LogP contribution in [0.3, 0.4) is 0 Å². The Bertz CT molecular complexity index is 1080. The smallest absolute Gasteiger partial charge is 0.313 e. The number of nitrogens with one attached hydrogen (secondary N) is 2. The van der Waals surface area contributed by atoms with Crippen LogP contribution in [0.25, 0.3) is 0 Å². The number of anilines is 2. The van der Waals surface area contributed by atoms with Crippen LogP contribution < -0.4 is 16.4 Å². The number of likely N-dealkylation sites (tertiary alicyclic amines) is 1. The molecule has 2 atom stereocenters. The summed E-state index contributed by atoms with van der Waals surface area (Å²) >= 11 is 0. The van der Waals surface area contributed by atoms with E-state index in [0.29, 0.717) is 30.2 Å². The van der Waals surface area contributed by atoms with E-state index >= 15 is 0 Å². The lowest BCUT2D eigenvalue weighted by atomic mass is 9.78. The van der Waals surface area contributed by atoms with Crippen molar-refractivity contribution in [3.05, 3.63) is 52.7 Å². The van der Waals surface area contributed by atoms with Crippen LogP contribution in [-0.4, -0.2) is 34.2 Å². The molecule has 3 heterocycles. The highest BCUT2D eigenvalue weighted by atomic mass is 16.2. The topological polar surface area (TPSA) is 117 Å². The lowest BCUT2D eigenvalue weighted by Crippen LogP contribution is -2.55. The zero-order chi connectivity index (χ0) is 22.3. The molecule has 0 aliphatic carbocycles. The summed E-state index contributed by atoms with van der Waals surface area (Å²) in [6.45, 7) is 6.82. The second-order valence-electron chi connectivity index (χ2n) is 8.77. The molecule has 162 valence electrons. The van der Waals surface area contributed by atoms with E-state index in [9.17, 15) is 14.4 Å². The van der Waals surface area contributed by atoms with Crippen molar-refractivity contribution in [2.24, 2.45) is 5.92 Å². The van der Waals surface area contributed by atoms with Gasteiger partial charge in [0.25, 0.3) is 5.91 Å². The number of carbonyl (C=O) groups is 3. The first-order valence-electron chi connectivity index (χ1n) is 10.5. The van der Waals surface area contributed by atoms with Crippen LogP contribution in [-0.2, 0) is 21.7 Å². The molecule has 0 radical (unpaired) electrons. The summed E-state index contributed by atoms with van der Waals surface area (Å²) < 4.78 is 0. The number of hydrogen-bond acceptors (Lipinski definition) is 5. The van der Waals surface area contributed by atoms with Gasteiger partial charge in [-0.2, -0.15) is 0 Å². The number of nitrogens with two attached hydrogens (primary N) is 1. The molecule has 1 aromatic heterocycles. The minimum Gasteiger partial charge on any atom is -0.383 e. The number of nitrogens with zero attached hydrogens (tertiary/aromatic N) is 2. The number of carbonyl (C=O) groups excluding carboxylic acids is 3. The third-order valence-electron chi connectivity index (χ3n) is 6.44. The molecule has 1 fully saturated rings. The lowest BCUT2D eigenvalue weighted by molar-refractivity contribution is -0.150. The van der Waals surface area contributed by atoms with Gasteiger partial charge < -0.3 is 21.3 Å². The van der Waals surface area contributed by atoms with Crippen molar-refractivity contribution in [1.29, 1.82) is 0 Å². The highest BCUT2D eigenvalue weighted by molar-refractivity contribution is 6.39. The van der Waals surface area contributed by atoms with E-state index in [2.05, 4.69) is 22.5 Å². The fourth-order valence-corrected chi connectivity index (χ4v) is 4.40. The van der Waals surface area contributed by atoms with Gasteiger partial charge in [-0.15, -0.1) is 0 Å². The molecule has 0 unspecified atom stereocenters. The Hall–Kier alpha value is -3.42. The van der Waals surface area contributed by atoms with Crippen LogP contribution in [0, 0.1) is 12.8 Å². The molecule has 1 saturated heterocycles. The highest BCUT2D eigenvalue weighted by Gasteiger charge is 2.43. The zero-order valence-corrected chi connectivity index (χ0v) is 18.0. The van der Waals surface area contributed by atoms with E-state index in [4.69, 9.17) is 5.73 Å². The number of pyridine rings is 1. The number of aryl methyl sites for hydroxylation is 1. The second kappa shape index (κ2) is 7.68. The van der Waals surface area contributed by atoms with Crippen molar-refractivity contribution in [2.45, 2.75) is 45.7 Å². The monoisotopic (exact) mass is 421 g/mol. The fourth-order valence-electron chi connectivity index (χ4n) is 4.40. The Balaban J connectivity index is 1.62. The van der Waals surface area contributed by atoms with Gasteiger partial charge in [0, 0.05) is 18.7 Å². The number of amides is 3. The van der Waals surface area contributed by atoms with Crippen LogP contribution >= 0.6 is 0 Å². The summed E-state index contributed by atoms with van der Waals surface area (Å²) in [5, 5.41) is 5.48. The third kappa shape index (κ3) is 3.73. The molecule has 4 N–H and O–H groups in total. The van der Waals surface area contributed by atoms with E-state index in [0.717, 1.165) is 29.5 Å². The summed E-state index contributed by atoms with van der Waals surface area (Å²) in [6, 6.07) is 7.37. The van der Waals surface area contributed by atoms with Crippen LogP contribution in [0.5, 0.6) is 0 Å². The summed E-state index contributed by atoms with van der Waals surface area (Å²) in [6.07, 6.45) is 3.11. The quantitative estimate of drug-likeness (QED) is 0.644. The maximum atomic E-state index is 13.3. The van der Waals surface area contributed by atoms with Gasteiger partial charge in [0.2, 0.25) is 0 Å². The minimum atomic E-state index is -0.704. The Morgan fingerprint density at radius 2 is 2.10 bits per heavy atom. The molecular weight excluding hydrogens is 394 g/mol.